The second kappa shape index (κ2) is 5.36. The number of likely N-dealkylation sites (tertiary alicyclic amines) is 1. The molecule has 2 atom stereocenters. The van der Waals surface area contributed by atoms with Crippen LogP contribution in [0.5, 0.6) is 0 Å². The minimum atomic E-state index is -0.693. The molecule has 94 valence electrons. The average molecular weight is 237 g/mol. The van der Waals surface area contributed by atoms with Crippen LogP contribution in [0.4, 0.5) is 0 Å². The predicted molar refractivity (Wildman–Crippen MR) is 63.6 cm³/mol. The fraction of sp³-hybridized carbons (Fsp3) is 0.615. The molecular formula is C13H19NO3. The fourth-order valence-electron chi connectivity index (χ4n) is 2.62. The molecule has 1 saturated heterocycles. The Morgan fingerprint density at radius 2 is 2.47 bits per heavy atom. The third-order valence-electron chi connectivity index (χ3n) is 3.65. The van der Waals surface area contributed by atoms with Crippen LogP contribution in [0.15, 0.2) is 22.8 Å². The van der Waals surface area contributed by atoms with Crippen LogP contribution in [0.3, 0.4) is 0 Å². The van der Waals surface area contributed by atoms with Crippen molar-refractivity contribution in [3.8, 4) is 0 Å². The van der Waals surface area contributed by atoms with Crippen molar-refractivity contribution in [3.05, 3.63) is 24.2 Å². The molecule has 1 fully saturated rings. The zero-order chi connectivity index (χ0) is 12.3. The molecule has 1 aromatic heterocycles. The first-order valence-corrected chi connectivity index (χ1v) is 6.15. The number of hydrogen-bond donors (Lipinski definition) is 1. The van der Waals surface area contributed by atoms with Gasteiger partial charge < -0.3 is 9.52 Å². The van der Waals surface area contributed by atoms with Crippen LogP contribution < -0.4 is 0 Å². The maximum Gasteiger partial charge on any atom is 0.303 e. The van der Waals surface area contributed by atoms with Crippen molar-refractivity contribution in [2.24, 2.45) is 5.92 Å². The average Bonchev–Trinajstić information content (AvgIpc) is 2.76. The summed E-state index contributed by atoms with van der Waals surface area (Å²) in [6.45, 7) is 3.93. The summed E-state index contributed by atoms with van der Waals surface area (Å²) in [4.78, 5) is 13.1. The standard InChI is InChI=1S/C13H19NO3/c1-10-11(8-13(15)16)4-2-6-14(10)9-12-5-3-7-17-12/h3,5,7,10-11H,2,4,6,8-9H2,1H3,(H,15,16)/t10-,11-/m1/s1. The van der Waals surface area contributed by atoms with E-state index in [1.807, 2.05) is 12.1 Å². The van der Waals surface area contributed by atoms with Crippen molar-refractivity contribution in [1.82, 2.24) is 4.90 Å². The van der Waals surface area contributed by atoms with E-state index in [-0.39, 0.29) is 12.3 Å². The Bertz CT molecular complexity index is 361. The largest absolute Gasteiger partial charge is 0.481 e. The first-order valence-electron chi connectivity index (χ1n) is 6.15. The lowest BCUT2D eigenvalue weighted by Gasteiger charge is -2.38. The summed E-state index contributed by atoms with van der Waals surface area (Å²) in [6.07, 6.45) is 4.04. The molecule has 1 aliphatic rings. The van der Waals surface area contributed by atoms with E-state index in [0.29, 0.717) is 6.04 Å². The highest BCUT2D eigenvalue weighted by Crippen LogP contribution is 2.27. The van der Waals surface area contributed by atoms with Gasteiger partial charge in [0, 0.05) is 12.5 Å². The minimum absolute atomic E-state index is 0.260. The van der Waals surface area contributed by atoms with E-state index in [1.165, 1.54) is 0 Å². The molecule has 0 aromatic carbocycles. The molecule has 2 rings (SSSR count). The highest BCUT2D eigenvalue weighted by Gasteiger charge is 2.29. The summed E-state index contributed by atoms with van der Waals surface area (Å²) >= 11 is 0. The van der Waals surface area contributed by atoms with Gasteiger partial charge in [0.05, 0.1) is 12.8 Å². The lowest BCUT2D eigenvalue weighted by Crippen LogP contribution is -2.43. The van der Waals surface area contributed by atoms with E-state index < -0.39 is 5.97 Å². The van der Waals surface area contributed by atoms with E-state index in [2.05, 4.69) is 11.8 Å². The van der Waals surface area contributed by atoms with Crippen LogP contribution in [0.2, 0.25) is 0 Å². The van der Waals surface area contributed by atoms with Gasteiger partial charge in [-0.05, 0) is 44.4 Å². The lowest BCUT2D eigenvalue weighted by atomic mass is 9.87. The fourth-order valence-corrected chi connectivity index (χ4v) is 2.62. The molecule has 0 unspecified atom stereocenters. The van der Waals surface area contributed by atoms with Gasteiger partial charge in [0.1, 0.15) is 5.76 Å². The second-order valence-corrected chi connectivity index (χ2v) is 4.79. The highest BCUT2D eigenvalue weighted by atomic mass is 16.4. The minimum Gasteiger partial charge on any atom is -0.481 e. The molecule has 4 nitrogen and oxygen atoms in total. The normalized spacial score (nSPS) is 25.9. The molecule has 17 heavy (non-hydrogen) atoms. The molecule has 0 aliphatic carbocycles. The zero-order valence-corrected chi connectivity index (χ0v) is 10.1. The summed E-state index contributed by atoms with van der Waals surface area (Å²) in [5.41, 5.74) is 0. The molecule has 1 N–H and O–H groups in total. The number of hydrogen-bond acceptors (Lipinski definition) is 3. The monoisotopic (exact) mass is 237 g/mol. The first-order chi connectivity index (χ1) is 8.16. The van der Waals surface area contributed by atoms with Gasteiger partial charge in [-0.3, -0.25) is 9.69 Å². The Hall–Kier alpha value is -1.29. The smallest absolute Gasteiger partial charge is 0.303 e. The summed E-state index contributed by atoms with van der Waals surface area (Å²) in [7, 11) is 0. The Kier molecular flexibility index (Phi) is 3.84. The van der Waals surface area contributed by atoms with E-state index >= 15 is 0 Å². The number of aliphatic carboxylic acids is 1. The van der Waals surface area contributed by atoms with Crippen molar-refractivity contribution in [3.63, 3.8) is 0 Å². The molecule has 1 aliphatic heterocycles. The zero-order valence-electron chi connectivity index (χ0n) is 10.1. The molecule has 0 amide bonds. The highest BCUT2D eigenvalue weighted by molar-refractivity contribution is 5.67. The van der Waals surface area contributed by atoms with Crippen LogP contribution in [-0.2, 0) is 11.3 Å². The van der Waals surface area contributed by atoms with Crippen molar-refractivity contribution in [1.29, 1.82) is 0 Å². The van der Waals surface area contributed by atoms with Crippen molar-refractivity contribution >= 4 is 5.97 Å². The predicted octanol–water partition coefficient (Wildman–Crippen LogP) is 2.35. The van der Waals surface area contributed by atoms with Gasteiger partial charge in [-0.1, -0.05) is 0 Å². The summed E-state index contributed by atoms with van der Waals surface area (Å²) in [5, 5.41) is 8.89. The lowest BCUT2D eigenvalue weighted by molar-refractivity contribution is -0.139. The number of piperidine rings is 1. The number of furan rings is 1. The molecule has 1 aromatic rings. The number of carbonyl (C=O) groups is 1. The third-order valence-corrected chi connectivity index (χ3v) is 3.65. The topological polar surface area (TPSA) is 53.7 Å². The quantitative estimate of drug-likeness (QED) is 0.873. The molecule has 2 heterocycles. The molecular weight excluding hydrogens is 218 g/mol. The van der Waals surface area contributed by atoms with E-state index in [0.717, 1.165) is 31.7 Å². The SMILES string of the molecule is C[C@@H]1[C@@H](CC(=O)O)CCCN1Cc1ccco1. The summed E-state index contributed by atoms with van der Waals surface area (Å²) in [5.74, 6) is 0.519. The maximum atomic E-state index is 10.8. The van der Waals surface area contributed by atoms with Gasteiger partial charge in [0.15, 0.2) is 0 Å². The van der Waals surface area contributed by atoms with Crippen LogP contribution in [0.25, 0.3) is 0 Å². The van der Waals surface area contributed by atoms with Crippen molar-refractivity contribution in [2.75, 3.05) is 6.54 Å². The van der Waals surface area contributed by atoms with Crippen molar-refractivity contribution < 1.29 is 14.3 Å². The number of rotatable bonds is 4. The third kappa shape index (κ3) is 3.09. The Morgan fingerprint density at radius 3 is 3.12 bits per heavy atom. The number of nitrogens with zero attached hydrogens (tertiary/aromatic N) is 1. The Morgan fingerprint density at radius 1 is 1.65 bits per heavy atom. The number of carboxylic acid groups (broad SMARTS) is 1. The van der Waals surface area contributed by atoms with Crippen LogP contribution in [-0.4, -0.2) is 28.6 Å². The van der Waals surface area contributed by atoms with Gasteiger partial charge in [0.2, 0.25) is 0 Å². The second-order valence-electron chi connectivity index (χ2n) is 4.79. The summed E-state index contributed by atoms with van der Waals surface area (Å²) < 4.78 is 5.34. The maximum absolute atomic E-state index is 10.8. The van der Waals surface area contributed by atoms with Gasteiger partial charge in [-0.2, -0.15) is 0 Å². The van der Waals surface area contributed by atoms with Gasteiger partial charge in [-0.15, -0.1) is 0 Å². The first kappa shape index (κ1) is 12.2. The van der Waals surface area contributed by atoms with Crippen molar-refractivity contribution in [2.45, 2.75) is 38.8 Å². The molecule has 0 bridgehead atoms. The number of carboxylic acids is 1. The summed E-state index contributed by atoms with van der Waals surface area (Å²) in [6, 6.07) is 4.16. The molecule has 0 radical (unpaired) electrons. The van der Waals surface area contributed by atoms with Gasteiger partial charge in [-0.25, -0.2) is 0 Å². The molecule has 0 saturated carbocycles. The molecule has 4 heteroatoms. The van der Waals surface area contributed by atoms with Crippen LogP contribution >= 0.6 is 0 Å². The van der Waals surface area contributed by atoms with E-state index in [9.17, 15) is 4.79 Å². The van der Waals surface area contributed by atoms with Gasteiger partial charge >= 0.3 is 5.97 Å². The van der Waals surface area contributed by atoms with Crippen LogP contribution in [0, 0.1) is 5.92 Å². The Labute approximate surface area is 101 Å². The van der Waals surface area contributed by atoms with Crippen LogP contribution in [0.1, 0.15) is 31.9 Å². The Balaban J connectivity index is 1.96. The van der Waals surface area contributed by atoms with Gasteiger partial charge in [0.25, 0.3) is 0 Å². The van der Waals surface area contributed by atoms with E-state index in [4.69, 9.17) is 9.52 Å². The molecule has 0 spiro atoms. The van der Waals surface area contributed by atoms with E-state index in [1.54, 1.807) is 6.26 Å².